The maximum Gasteiger partial charge on any atom is 0.269 e. The fourth-order valence-corrected chi connectivity index (χ4v) is 3.19. The first kappa shape index (κ1) is 21.9. The van der Waals surface area contributed by atoms with E-state index >= 15 is 0 Å². The SMILES string of the molecule is N#C/C(=C/c1c(Oc2ccc(Br)cc2)nc2ccccn2c1=O)C(=O)Nc1ccc(F)cc1. The van der Waals surface area contributed by atoms with E-state index in [0.717, 1.165) is 10.5 Å². The monoisotopic (exact) mass is 504 g/mol. The van der Waals surface area contributed by atoms with Crippen molar-refractivity contribution >= 4 is 39.2 Å². The third-order valence-corrected chi connectivity index (χ3v) is 5.05. The number of carbonyl (C=O) groups is 1. The van der Waals surface area contributed by atoms with Gasteiger partial charge in [-0.3, -0.25) is 14.0 Å². The molecule has 1 amide bonds. The summed E-state index contributed by atoms with van der Waals surface area (Å²) in [5.41, 5.74) is -0.319. The molecule has 4 aromatic rings. The minimum absolute atomic E-state index is 0.0594. The van der Waals surface area contributed by atoms with E-state index in [2.05, 4.69) is 26.2 Å². The summed E-state index contributed by atoms with van der Waals surface area (Å²) in [6.45, 7) is 0. The molecule has 9 heteroatoms. The summed E-state index contributed by atoms with van der Waals surface area (Å²) < 4.78 is 21.1. The van der Waals surface area contributed by atoms with Gasteiger partial charge >= 0.3 is 0 Å². The maximum absolute atomic E-state index is 13.2. The number of fused-ring (bicyclic) bond motifs is 1. The van der Waals surface area contributed by atoms with Crippen LogP contribution >= 0.6 is 15.9 Å². The molecule has 0 aliphatic rings. The predicted molar refractivity (Wildman–Crippen MR) is 124 cm³/mol. The van der Waals surface area contributed by atoms with Crippen LogP contribution < -0.4 is 15.6 Å². The Kier molecular flexibility index (Phi) is 6.29. The van der Waals surface area contributed by atoms with E-state index < -0.39 is 17.3 Å². The first-order valence-corrected chi connectivity index (χ1v) is 10.4. The van der Waals surface area contributed by atoms with Crippen LogP contribution in [-0.2, 0) is 4.79 Å². The Morgan fingerprint density at radius 2 is 1.85 bits per heavy atom. The highest BCUT2D eigenvalue weighted by Gasteiger charge is 2.17. The Hall–Kier alpha value is -4.29. The normalized spacial score (nSPS) is 11.1. The summed E-state index contributed by atoms with van der Waals surface area (Å²) in [4.78, 5) is 30.2. The molecule has 2 aromatic carbocycles. The Morgan fingerprint density at radius 3 is 2.55 bits per heavy atom. The molecule has 0 bridgehead atoms. The first-order valence-electron chi connectivity index (χ1n) is 9.58. The van der Waals surface area contributed by atoms with Gasteiger partial charge in [0.2, 0.25) is 5.88 Å². The van der Waals surface area contributed by atoms with Gasteiger partial charge in [0.25, 0.3) is 11.5 Å². The van der Waals surface area contributed by atoms with Gasteiger partial charge in [-0.25, -0.2) is 4.39 Å². The fourth-order valence-electron chi connectivity index (χ4n) is 2.92. The van der Waals surface area contributed by atoms with Crippen molar-refractivity contribution < 1.29 is 13.9 Å². The average Bonchev–Trinajstić information content (AvgIpc) is 2.82. The molecule has 0 fully saturated rings. The fraction of sp³-hybridized carbons (Fsp3) is 0. The van der Waals surface area contributed by atoms with Gasteiger partial charge in [0, 0.05) is 16.4 Å². The van der Waals surface area contributed by atoms with Crippen LogP contribution in [0, 0.1) is 17.1 Å². The molecule has 0 saturated carbocycles. The lowest BCUT2D eigenvalue weighted by Gasteiger charge is -2.10. The number of anilines is 1. The Labute approximate surface area is 195 Å². The van der Waals surface area contributed by atoms with Crippen LogP contribution in [0.25, 0.3) is 11.7 Å². The van der Waals surface area contributed by atoms with Crippen molar-refractivity contribution in [2.75, 3.05) is 5.32 Å². The molecule has 0 unspecified atom stereocenters. The minimum Gasteiger partial charge on any atom is -0.438 e. The quantitative estimate of drug-likeness (QED) is 0.307. The highest BCUT2D eigenvalue weighted by Crippen LogP contribution is 2.25. The van der Waals surface area contributed by atoms with E-state index in [1.807, 2.05) is 0 Å². The van der Waals surface area contributed by atoms with Gasteiger partial charge in [-0.2, -0.15) is 10.2 Å². The summed E-state index contributed by atoms with van der Waals surface area (Å²) in [7, 11) is 0. The molecule has 0 radical (unpaired) electrons. The Bertz CT molecular complexity index is 1470. The van der Waals surface area contributed by atoms with E-state index in [1.165, 1.54) is 34.9 Å². The van der Waals surface area contributed by atoms with Crippen molar-refractivity contribution in [3.63, 3.8) is 0 Å². The predicted octanol–water partition coefficient (Wildman–Crippen LogP) is 4.93. The summed E-state index contributed by atoms with van der Waals surface area (Å²) in [6.07, 6.45) is 2.65. The zero-order chi connectivity index (χ0) is 23.4. The van der Waals surface area contributed by atoms with Crippen LogP contribution in [0.4, 0.5) is 10.1 Å². The zero-order valence-corrected chi connectivity index (χ0v) is 18.4. The first-order chi connectivity index (χ1) is 15.9. The molecule has 4 rings (SSSR count). The average molecular weight is 505 g/mol. The standard InChI is InChI=1S/C24H14BrFN4O3/c25-16-4-10-19(11-5-16)33-23-20(24(32)30-12-2-1-3-21(30)29-23)13-15(14-27)22(31)28-18-8-6-17(26)7-9-18/h1-13H,(H,28,31)/b15-13-. The molecule has 33 heavy (non-hydrogen) atoms. The lowest BCUT2D eigenvalue weighted by atomic mass is 10.1. The van der Waals surface area contributed by atoms with Crippen LogP contribution in [-0.4, -0.2) is 15.3 Å². The molecule has 0 saturated heterocycles. The van der Waals surface area contributed by atoms with E-state index in [9.17, 15) is 19.2 Å². The van der Waals surface area contributed by atoms with E-state index in [0.29, 0.717) is 17.1 Å². The molecule has 0 aliphatic heterocycles. The van der Waals surface area contributed by atoms with Crippen molar-refractivity contribution in [2.24, 2.45) is 0 Å². The maximum atomic E-state index is 13.2. The van der Waals surface area contributed by atoms with Gasteiger partial charge in [0.1, 0.15) is 34.4 Å². The number of halogens is 2. The highest BCUT2D eigenvalue weighted by atomic mass is 79.9. The minimum atomic E-state index is -0.767. The van der Waals surface area contributed by atoms with E-state index in [1.54, 1.807) is 48.5 Å². The number of benzene rings is 2. The second kappa shape index (κ2) is 9.46. The van der Waals surface area contributed by atoms with Gasteiger partial charge < -0.3 is 10.1 Å². The number of nitrogens with zero attached hydrogens (tertiary/aromatic N) is 3. The molecular formula is C24H14BrFN4O3. The highest BCUT2D eigenvalue weighted by molar-refractivity contribution is 9.10. The number of ether oxygens (including phenoxy) is 1. The zero-order valence-electron chi connectivity index (χ0n) is 16.8. The van der Waals surface area contributed by atoms with E-state index in [4.69, 9.17) is 4.74 Å². The topological polar surface area (TPSA) is 96.5 Å². The molecular weight excluding hydrogens is 491 g/mol. The third kappa shape index (κ3) is 4.97. The molecule has 2 aromatic heterocycles. The Balaban J connectivity index is 1.78. The van der Waals surface area contributed by atoms with Crippen molar-refractivity contribution in [1.29, 1.82) is 5.26 Å². The molecule has 7 nitrogen and oxygen atoms in total. The van der Waals surface area contributed by atoms with Crippen LogP contribution in [0.1, 0.15) is 5.56 Å². The van der Waals surface area contributed by atoms with Crippen molar-refractivity contribution in [3.05, 3.63) is 105 Å². The van der Waals surface area contributed by atoms with Crippen molar-refractivity contribution in [2.45, 2.75) is 0 Å². The van der Waals surface area contributed by atoms with Crippen LogP contribution in [0.3, 0.4) is 0 Å². The number of hydrogen-bond acceptors (Lipinski definition) is 5. The molecule has 2 heterocycles. The van der Waals surface area contributed by atoms with Crippen molar-refractivity contribution in [1.82, 2.24) is 9.38 Å². The lowest BCUT2D eigenvalue weighted by Crippen LogP contribution is -2.20. The smallest absolute Gasteiger partial charge is 0.269 e. The third-order valence-electron chi connectivity index (χ3n) is 4.52. The second-order valence-electron chi connectivity index (χ2n) is 6.75. The van der Waals surface area contributed by atoms with Crippen molar-refractivity contribution in [3.8, 4) is 17.7 Å². The molecule has 1 N–H and O–H groups in total. The number of rotatable bonds is 5. The number of nitriles is 1. The number of carbonyl (C=O) groups excluding carboxylic acids is 1. The second-order valence-corrected chi connectivity index (χ2v) is 7.67. The number of aromatic nitrogens is 2. The van der Waals surface area contributed by atoms with Crippen LogP contribution in [0.5, 0.6) is 11.6 Å². The van der Waals surface area contributed by atoms with Gasteiger partial charge in [-0.15, -0.1) is 0 Å². The molecule has 0 spiro atoms. The summed E-state index contributed by atoms with van der Waals surface area (Å²) >= 11 is 3.34. The van der Waals surface area contributed by atoms with Gasteiger partial charge in [0.05, 0.1) is 0 Å². The van der Waals surface area contributed by atoms with Gasteiger partial charge in [0.15, 0.2) is 0 Å². The molecule has 162 valence electrons. The number of nitrogens with one attached hydrogen (secondary N) is 1. The number of pyridine rings is 1. The van der Waals surface area contributed by atoms with Gasteiger partial charge in [-0.1, -0.05) is 22.0 Å². The van der Waals surface area contributed by atoms with E-state index in [-0.39, 0.29) is 17.0 Å². The Morgan fingerprint density at radius 1 is 1.12 bits per heavy atom. The van der Waals surface area contributed by atoms with Crippen LogP contribution in [0.15, 0.2) is 87.8 Å². The van der Waals surface area contributed by atoms with Crippen LogP contribution in [0.2, 0.25) is 0 Å². The number of hydrogen-bond donors (Lipinski definition) is 1. The molecule has 0 atom stereocenters. The summed E-state index contributed by atoms with van der Waals surface area (Å²) in [5.74, 6) is -0.879. The lowest BCUT2D eigenvalue weighted by molar-refractivity contribution is -0.112. The molecule has 0 aliphatic carbocycles. The largest absolute Gasteiger partial charge is 0.438 e. The summed E-state index contributed by atoms with van der Waals surface area (Å²) in [6, 6.07) is 18.8. The number of amides is 1. The van der Waals surface area contributed by atoms with Gasteiger partial charge in [-0.05, 0) is 66.7 Å². The summed E-state index contributed by atoms with van der Waals surface area (Å²) in [5, 5.41) is 12.1.